The first-order chi connectivity index (χ1) is 10.3. The maximum atomic E-state index is 9.69. The molecular formula is C16H13BrN4. The Hall–Kier alpha value is -2.06. The highest BCUT2D eigenvalue weighted by Gasteiger charge is 2.24. The van der Waals surface area contributed by atoms with Gasteiger partial charge in [0.05, 0.1) is 21.9 Å². The van der Waals surface area contributed by atoms with Crippen molar-refractivity contribution < 1.29 is 0 Å². The maximum Gasteiger partial charge on any atom is 0.102 e. The Kier molecular flexibility index (Phi) is 2.86. The molecule has 0 amide bonds. The lowest BCUT2D eigenvalue weighted by atomic mass is 10.1. The summed E-state index contributed by atoms with van der Waals surface area (Å²) in [4.78, 5) is 0. The van der Waals surface area contributed by atoms with Crippen LogP contribution >= 0.6 is 15.9 Å². The molecule has 0 unspecified atom stereocenters. The minimum atomic E-state index is 0.745. The fourth-order valence-electron chi connectivity index (χ4n) is 3.19. The maximum absolute atomic E-state index is 9.69. The summed E-state index contributed by atoms with van der Waals surface area (Å²) in [6.07, 6.45) is 4.01. The average Bonchev–Trinajstić information content (AvgIpc) is 2.98. The fraction of sp³-hybridized carbons (Fsp3) is 0.250. The number of benzene rings is 1. The predicted molar refractivity (Wildman–Crippen MR) is 84.8 cm³/mol. The van der Waals surface area contributed by atoms with Gasteiger partial charge in [0.25, 0.3) is 0 Å². The van der Waals surface area contributed by atoms with Crippen molar-refractivity contribution in [1.82, 2.24) is 14.3 Å². The summed E-state index contributed by atoms with van der Waals surface area (Å²) in [6.45, 7) is 1.84. The lowest BCUT2D eigenvalue weighted by molar-refractivity contribution is 0.515. The highest BCUT2D eigenvalue weighted by molar-refractivity contribution is 9.10. The largest absolute Gasteiger partial charge is 0.338 e. The lowest BCUT2D eigenvalue weighted by Gasteiger charge is -2.17. The van der Waals surface area contributed by atoms with Crippen molar-refractivity contribution in [1.29, 1.82) is 5.26 Å². The molecule has 0 spiro atoms. The van der Waals surface area contributed by atoms with Gasteiger partial charge in [0.1, 0.15) is 11.8 Å². The number of aromatic nitrogens is 3. The first kappa shape index (κ1) is 12.7. The number of nitrogens with zero attached hydrogens (tertiary/aromatic N) is 4. The third-order valence-electron chi connectivity index (χ3n) is 4.10. The average molecular weight is 341 g/mol. The van der Waals surface area contributed by atoms with Gasteiger partial charge in [0.15, 0.2) is 0 Å². The molecule has 104 valence electrons. The molecule has 0 aliphatic carbocycles. The number of halogens is 1. The van der Waals surface area contributed by atoms with Crippen molar-refractivity contribution in [3.05, 3.63) is 40.5 Å². The van der Waals surface area contributed by atoms with Gasteiger partial charge >= 0.3 is 0 Å². The Balaban J connectivity index is 2.18. The van der Waals surface area contributed by atoms with E-state index in [0.717, 1.165) is 58.3 Å². The zero-order valence-corrected chi connectivity index (χ0v) is 13.0. The van der Waals surface area contributed by atoms with Gasteiger partial charge < -0.3 is 4.57 Å². The van der Waals surface area contributed by atoms with E-state index in [4.69, 9.17) is 0 Å². The molecule has 0 saturated carbocycles. The van der Waals surface area contributed by atoms with Crippen LogP contribution in [0.5, 0.6) is 0 Å². The van der Waals surface area contributed by atoms with Crippen LogP contribution in [0.1, 0.15) is 18.4 Å². The van der Waals surface area contributed by atoms with Crippen LogP contribution < -0.4 is 0 Å². The van der Waals surface area contributed by atoms with Gasteiger partial charge in [0.2, 0.25) is 0 Å². The monoisotopic (exact) mass is 340 g/mol. The van der Waals surface area contributed by atoms with Crippen LogP contribution in [0.25, 0.3) is 22.3 Å². The Labute approximate surface area is 130 Å². The molecule has 1 aliphatic heterocycles. The molecular weight excluding hydrogens is 328 g/mol. The topological polar surface area (TPSA) is 46.5 Å². The van der Waals surface area contributed by atoms with Crippen molar-refractivity contribution in [2.75, 3.05) is 0 Å². The van der Waals surface area contributed by atoms with Crippen LogP contribution in [0.3, 0.4) is 0 Å². The van der Waals surface area contributed by atoms with E-state index < -0.39 is 0 Å². The molecule has 21 heavy (non-hydrogen) atoms. The van der Waals surface area contributed by atoms with Gasteiger partial charge in [-0.3, -0.25) is 4.68 Å². The Morgan fingerprint density at radius 2 is 1.95 bits per heavy atom. The molecule has 0 fully saturated rings. The molecule has 0 bridgehead atoms. The molecule has 4 nitrogen and oxygen atoms in total. The van der Waals surface area contributed by atoms with E-state index in [1.54, 1.807) is 0 Å². The van der Waals surface area contributed by atoms with Gasteiger partial charge in [-0.2, -0.15) is 10.4 Å². The second kappa shape index (κ2) is 4.74. The number of hydrogen-bond acceptors (Lipinski definition) is 2. The van der Waals surface area contributed by atoms with Crippen LogP contribution in [-0.4, -0.2) is 14.3 Å². The van der Waals surface area contributed by atoms with Gasteiger partial charge in [-0.1, -0.05) is 18.2 Å². The fourth-order valence-corrected chi connectivity index (χ4v) is 3.68. The first-order valence-corrected chi connectivity index (χ1v) is 7.83. The van der Waals surface area contributed by atoms with E-state index in [9.17, 15) is 5.26 Å². The normalized spacial score (nSPS) is 14.1. The van der Waals surface area contributed by atoms with E-state index in [2.05, 4.69) is 37.7 Å². The second-order valence-corrected chi connectivity index (χ2v) is 6.13. The zero-order valence-electron chi connectivity index (χ0n) is 11.4. The molecule has 5 heteroatoms. The highest BCUT2D eigenvalue weighted by Crippen LogP contribution is 2.38. The first-order valence-electron chi connectivity index (χ1n) is 7.04. The van der Waals surface area contributed by atoms with Crippen molar-refractivity contribution >= 4 is 26.8 Å². The molecule has 3 aromatic rings. The Morgan fingerprint density at radius 3 is 2.81 bits per heavy atom. The molecule has 0 N–H and O–H groups in total. The van der Waals surface area contributed by atoms with E-state index in [0.29, 0.717) is 0 Å². The van der Waals surface area contributed by atoms with Gasteiger partial charge in [0, 0.05) is 24.0 Å². The number of fused-ring (bicyclic) bond motifs is 5. The van der Waals surface area contributed by atoms with E-state index in [1.807, 2.05) is 29.1 Å². The molecule has 2 aromatic heterocycles. The van der Waals surface area contributed by atoms with Crippen molar-refractivity contribution in [3.8, 4) is 17.5 Å². The summed E-state index contributed by atoms with van der Waals surface area (Å²) in [5.41, 5.74) is 3.88. The molecule has 1 aromatic carbocycles. The standard InChI is InChI=1S/C16H13BrN4/c17-13-10-19-21-8-4-3-7-20-14-6-2-1-5-11(14)12(9-18)15(20)16(13)21/h1-2,5-6,10H,3-4,7-8H2. The van der Waals surface area contributed by atoms with Crippen LogP contribution in [0.2, 0.25) is 0 Å². The summed E-state index contributed by atoms with van der Waals surface area (Å²) in [5.74, 6) is 0. The Morgan fingerprint density at radius 1 is 1.14 bits per heavy atom. The smallest absolute Gasteiger partial charge is 0.102 e. The Bertz CT molecular complexity index is 882. The number of rotatable bonds is 0. The third kappa shape index (κ3) is 1.76. The second-order valence-electron chi connectivity index (χ2n) is 5.28. The molecule has 4 rings (SSSR count). The summed E-state index contributed by atoms with van der Waals surface area (Å²) in [7, 11) is 0. The lowest BCUT2D eigenvalue weighted by Crippen LogP contribution is -2.11. The minimum Gasteiger partial charge on any atom is -0.338 e. The molecule has 0 saturated heterocycles. The summed E-state index contributed by atoms with van der Waals surface area (Å²) in [5, 5.41) is 15.2. The molecule has 3 heterocycles. The molecule has 0 radical (unpaired) electrons. The highest BCUT2D eigenvalue weighted by atomic mass is 79.9. The van der Waals surface area contributed by atoms with Crippen molar-refractivity contribution in [2.45, 2.75) is 25.9 Å². The predicted octanol–water partition coefficient (Wildman–Crippen LogP) is 3.93. The molecule has 1 aliphatic rings. The van der Waals surface area contributed by atoms with Crippen LogP contribution in [0, 0.1) is 11.3 Å². The van der Waals surface area contributed by atoms with E-state index in [1.165, 1.54) is 0 Å². The molecule has 0 atom stereocenters. The number of nitriles is 1. The summed E-state index contributed by atoms with van der Waals surface area (Å²) < 4.78 is 5.23. The van der Waals surface area contributed by atoms with Gasteiger partial charge in [-0.15, -0.1) is 0 Å². The summed E-state index contributed by atoms with van der Waals surface area (Å²) >= 11 is 3.60. The van der Waals surface area contributed by atoms with E-state index in [-0.39, 0.29) is 0 Å². The van der Waals surface area contributed by atoms with Gasteiger partial charge in [-0.05, 0) is 34.8 Å². The number of para-hydroxylation sites is 1. The summed E-state index contributed by atoms with van der Waals surface area (Å²) in [6, 6.07) is 10.5. The number of aryl methyl sites for hydroxylation is 2. The van der Waals surface area contributed by atoms with E-state index >= 15 is 0 Å². The number of hydrogen-bond donors (Lipinski definition) is 0. The van der Waals surface area contributed by atoms with Gasteiger partial charge in [-0.25, -0.2) is 0 Å². The van der Waals surface area contributed by atoms with Crippen molar-refractivity contribution in [2.24, 2.45) is 0 Å². The third-order valence-corrected chi connectivity index (χ3v) is 4.68. The zero-order chi connectivity index (χ0) is 14.4. The quantitative estimate of drug-likeness (QED) is 0.622. The van der Waals surface area contributed by atoms with Crippen LogP contribution in [0.4, 0.5) is 0 Å². The minimum absolute atomic E-state index is 0.745. The SMILES string of the molecule is N#Cc1c2n(c3ccccc13)CCCCn1ncc(Br)c1-2. The van der Waals surface area contributed by atoms with Crippen LogP contribution in [-0.2, 0) is 13.1 Å². The van der Waals surface area contributed by atoms with Crippen molar-refractivity contribution in [3.63, 3.8) is 0 Å². The van der Waals surface area contributed by atoms with Crippen LogP contribution in [0.15, 0.2) is 34.9 Å².